The normalized spacial score (nSPS) is 11.9. The fourth-order valence-electron chi connectivity index (χ4n) is 2.28. The third kappa shape index (κ3) is 5.44. The van der Waals surface area contributed by atoms with Crippen LogP contribution in [0.4, 0.5) is 5.69 Å². The summed E-state index contributed by atoms with van der Waals surface area (Å²) in [6, 6.07) is 14.7. The first-order valence-electron chi connectivity index (χ1n) is 8.05. The van der Waals surface area contributed by atoms with Gasteiger partial charge in [0.2, 0.25) is 0 Å². The number of non-ortho nitro benzene ring substituents is 1. The molecule has 0 N–H and O–H groups in total. The number of ether oxygens (including phenoxy) is 1. The van der Waals surface area contributed by atoms with Gasteiger partial charge in [0.1, 0.15) is 5.75 Å². The van der Waals surface area contributed by atoms with Crippen molar-refractivity contribution in [1.82, 2.24) is 10.2 Å². The molecular weight excluding hydrogens is 402 g/mol. The first-order chi connectivity index (χ1) is 13.0. The largest absolute Gasteiger partial charge is 0.497 e. The smallest absolute Gasteiger partial charge is 0.269 e. The maximum atomic E-state index is 10.9. The summed E-state index contributed by atoms with van der Waals surface area (Å²) >= 11 is 4.73. The van der Waals surface area contributed by atoms with E-state index in [1.807, 2.05) is 37.3 Å². The molecule has 0 aliphatic rings. The van der Waals surface area contributed by atoms with E-state index in [9.17, 15) is 10.1 Å². The lowest BCUT2D eigenvalue weighted by molar-refractivity contribution is -0.384. The molecule has 9 heteroatoms. The van der Waals surface area contributed by atoms with E-state index in [2.05, 4.69) is 10.2 Å². The van der Waals surface area contributed by atoms with E-state index in [0.29, 0.717) is 0 Å². The van der Waals surface area contributed by atoms with Gasteiger partial charge in [0.05, 0.1) is 12.0 Å². The van der Waals surface area contributed by atoms with Crippen LogP contribution >= 0.6 is 34.9 Å². The van der Waals surface area contributed by atoms with Crippen LogP contribution in [0.2, 0.25) is 0 Å². The van der Waals surface area contributed by atoms with Gasteiger partial charge in [-0.3, -0.25) is 10.1 Å². The van der Waals surface area contributed by atoms with Gasteiger partial charge in [-0.05, 0) is 30.2 Å². The summed E-state index contributed by atoms with van der Waals surface area (Å²) in [5, 5.41) is 19.5. The van der Waals surface area contributed by atoms with Gasteiger partial charge in [-0.1, -0.05) is 59.1 Å². The summed E-state index contributed by atoms with van der Waals surface area (Å²) in [5.74, 6) is 1.65. The van der Waals surface area contributed by atoms with Crippen molar-refractivity contribution in [3.8, 4) is 5.75 Å². The number of nitro groups is 1. The molecule has 3 aromatic rings. The molecule has 0 fully saturated rings. The van der Waals surface area contributed by atoms with Crippen molar-refractivity contribution in [3.05, 3.63) is 69.8 Å². The van der Waals surface area contributed by atoms with Crippen LogP contribution in [-0.2, 0) is 5.75 Å². The molecule has 2 aromatic carbocycles. The van der Waals surface area contributed by atoms with E-state index >= 15 is 0 Å². The number of methoxy groups -OCH3 is 1. The van der Waals surface area contributed by atoms with E-state index in [-0.39, 0.29) is 15.9 Å². The molecule has 0 aliphatic carbocycles. The van der Waals surface area contributed by atoms with Crippen LogP contribution in [0.25, 0.3) is 0 Å². The van der Waals surface area contributed by atoms with E-state index in [0.717, 1.165) is 25.7 Å². The van der Waals surface area contributed by atoms with E-state index in [4.69, 9.17) is 4.74 Å². The Kier molecular flexibility index (Phi) is 6.70. The Balaban J connectivity index is 1.58. The Labute approximate surface area is 169 Å². The molecule has 1 unspecified atom stereocenters. The number of thioether (sulfide) groups is 2. The molecule has 140 valence electrons. The minimum Gasteiger partial charge on any atom is -0.497 e. The highest BCUT2D eigenvalue weighted by atomic mass is 32.2. The van der Waals surface area contributed by atoms with Crippen LogP contribution in [0, 0.1) is 10.1 Å². The highest BCUT2D eigenvalue weighted by Crippen LogP contribution is 2.39. The molecule has 27 heavy (non-hydrogen) atoms. The summed E-state index contributed by atoms with van der Waals surface area (Å²) in [7, 11) is 1.65. The van der Waals surface area contributed by atoms with Crippen LogP contribution in [-0.4, -0.2) is 22.2 Å². The minimum absolute atomic E-state index is 0.0530. The van der Waals surface area contributed by atoms with Crippen LogP contribution < -0.4 is 4.74 Å². The fraction of sp³-hybridized carbons (Fsp3) is 0.222. The second kappa shape index (κ2) is 9.20. The van der Waals surface area contributed by atoms with Gasteiger partial charge in [0.25, 0.3) is 5.69 Å². The van der Waals surface area contributed by atoms with Gasteiger partial charge in [-0.2, -0.15) is 0 Å². The highest BCUT2D eigenvalue weighted by molar-refractivity contribution is 8.03. The van der Waals surface area contributed by atoms with Crippen LogP contribution in [0.15, 0.2) is 57.2 Å². The van der Waals surface area contributed by atoms with Gasteiger partial charge >= 0.3 is 0 Å². The molecule has 0 radical (unpaired) electrons. The predicted octanol–water partition coefficient (Wildman–Crippen LogP) is 5.60. The molecule has 0 aliphatic heterocycles. The first-order valence-corrected chi connectivity index (χ1v) is 10.7. The van der Waals surface area contributed by atoms with Crippen molar-refractivity contribution in [1.29, 1.82) is 0 Å². The van der Waals surface area contributed by atoms with Gasteiger partial charge in [-0.15, -0.1) is 10.2 Å². The number of hydrogen-bond donors (Lipinski definition) is 0. The first kappa shape index (κ1) is 19.7. The van der Waals surface area contributed by atoms with Crippen molar-refractivity contribution in [2.24, 2.45) is 0 Å². The van der Waals surface area contributed by atoms with Crippen molar-refractivity contribution in [3.63, 3.8) is 0 Å². The number of benzene rings is 2. The number of nitrogens with zero attached hydrogens (tertiary/aromatic N) is 3. The third-order valence-corrected chi connectivity index (χ3v) is 7.11. The molecule has 1 aromatic heterocycles. The van der Waals surface area contributed by atoms with Crippen LogP contribution in [0.3, 0.4) is 0 Å². The average Bonchev–Trinajstić information content (AvgIpc) is 3.14. The van der Waals surface area contributed by atoms with E-state index < -0.39 is 0 Å². The zero-order valence-corrected chi connectivity index (χ0v) is 17.1. The van der Waals surface area contributed by atoms with Crippen molar-refractivity contribution in [2.45, 2.75) is 26.6 Å². The standard InChI is InChI=1S/C18H17N3O3S3/c1-12(14-4-3-5-15(10-14)21(22)23)26-18-20-19-17(27-18)25-11-13-6-8-16(24-2)9-7-13/h3-10,12H,11H2,1-2H3. The number of hydrogen-bond acceptors (Lipinski definition) is 8. The second-order valence-electron chi connectivity index (χ2n) is 5.58. The van der Waals surface area contributed by atoms with Crippen LogP contribution in [0.5, 0.6) is 5.75 Å². The van der Waals surface area contributed by atoms with E-state index in [1.165, 1.54) is 23.0 Å². The molecule has 3 rings (SSSR count). The minimum atomic E-state index is -0.375. The molecule has 0 saturated heterocycles. The topological polar surface area (TPSA) is 78.2 Å². The zero-order chi connectivity index (χ0) is 19.2. The maximum absolute atomic E-state index is 10.9. The number of aromatic nitrogens is 2. The average molecular weight is 420 g/mol. The lowest BCUT2D eigenvalue weighted by Gasteiger charge is -2.08. The molecule has 0 spiro atoms. The Bertz CT molecular complexity index is 915. The molecule has 0 saturated carbocycles. The predicted molar refractivity (Wildman–Crippen MR) is 110 cm³/mol. The summed E-state index contributed by atoms with van der Waals surface area (Å²) < 4.78 is 6.92. The SMILES string of the molecule is COc1ccc(CSc2nnc(SC(C)c3cccc([N+](=O)[O-])c3)s2)cc1. The van der Waals surface area contributed by atoms with E-state index in [1.54, 1.807) is 42.8 Å². The van der Waals surface area contributed by atoms with Crippen molar-refractivity contribution in [2.75, 3.05) is 7.11 Å². The molecule has 1 atom stereocenters. The molecule has 0 bridgehead atoms. The maximum Gasteiger partial charge on any atom is 0.269 e. The highest BCUT2D eigenvalue weighted by Gasteiger charge is 2.15. The quantitative estimate of drug-likeness (QED) is 0.267. The zero-order valence-electron chi connectivity index (χ0n) is 14.7. The van der Waals surface area contributed by atoms with Crippen molar-refractivity contribution >= 4 is 40.5 Å². The Morgan fingerprint density at radius 3 is 2.63 bits per heavy atom. The summed E-state index contributed by atoms with van der Waals surface area (Å²) in [4.78, 5) is 10.6. The van der Waals surface area contributed by atoms with Gasteiger partial charge < -0.3 is 4.74 Å². The molecule has 1 heterocycles. The van der Waals surface area contributed by atoms with Gasteiger partial charge in [0, 0.05) is 23.1 Å². The van der Waals surface area contributed by atoms with Gasteiger partial charge in [0.15, 0.2) is 8.68 Å². The summed E-state index contributed by atoms with van der Waals surface area (Å²) in [5.41, 5.74) is 2.19. The number of nitro benzene ring substituents is 1. The second-order valence-corrected chi connectivity index (χ2v) is 9.37. The summed E-state index contributed by atoms with van der Waals surface area (Å²) in [6.45, 7) is 2.01. The number of rotatable bonds is 8. The Morgan fingerprint density at radius 1 is 1.19 bits per heavy atom. The molecule has 0 amide bonds. The van der Waals surface area contributed by atoms with Crippen LogP contribution in [0.1, 0.15) is 23.3 Å². The Hall–Kier alpha value is -2.10. The summed E-state index contributed by atoms with van der Waals surface area (Å²) in [6.07, 6.45) is 0. The fourth-order valence-corrected chi connectivity index (χ4v) is 5.52. The molecule has 6 nitrogen and oxygen atoms in total. The molecular formula is C18H17N3O3S3. The van der Waals surface area contributed by atoms with Gasteiger partial charge in [-0.25, -0.2) is 0 Å². The Morgan fingerprint density at radius 2 is 1.93 bits per heavy atom. The lowest BCUT2D eigenvalue weighted by Crippen LogP contribution is -1.92. The third-order valence-electron chi connectivity index (χ3n) is 3.74. The lowest BCUT2D eigenvalue weighted by atomic mass is 10.1. The van der Waals surface area contributed by atoms with Crippen molar-refractivity contribution < 1.29 is 9.66 Å². The monoisotopic (exact) mass is 419 g/mol.